The second-order valence-electron chi connectivity index (χ2n) is 7.34. The van der Waals surface area contributed by atoms with E-state index in [2.05, 4.69) is 5.32 Å². The maximum Gasteiger partial charge on any atom is 0.410 e. The molecule has 1 aliphatic carbocycles. The second kappa shape index (κ2) is 6.30. The number of hydrogen-bond donors (Lipinski definition) is 1. The topological polar surface area (TPSA) is 79.0 Å². The summed E-state index contributed by atoms with van der Waals surface area (Å²) < 4.78 is 5.90. The van der Waals surface area contributed by atoms with Crippen LogP contribution in [-0.2, 0) is 20.9 Å². The molecule has 3 saturated heterocycles. The Kier molecular flexibility index (Phi) is 4.09. The summed E-state index contributed by atoms with van der Waals surface area (Å²) in [6.07, 6.45) is 2.71. The number of benzene rings is 1. The van der Waals surface area contributed by atoms with Crippen molar-refractivity contribution in [1.29, 1.82) is 0 Å². The standard InChI is InChI=1S/C19H23N3O4/c1-20-16(23)17(24)22-14-7-9-19(10-8-14)15(22)12-21(18(25)26-19)11-13-5-3-2-4-6-13/h2-6,14-15H,7-12H2,1H3,(H,20,23). The first-order chi connectivity index (χ1) is 12.5. The summed E-state index contributed by atoms with van der Waals surface area (Å²) in [7, 11) is 1.46. The highest BCUT2D eigenvalue weighted by molar-refractivity contribution is 6.35. The predicted octanol–water partition coefficient (Wildman–Crippen LogP) is 1.28. The zero-order valence-electron chi connectivity index (χ0n) is 14.8. The molecule has 26 heavy (non-hydrogen) atoms. The van der Waals surface area contributed by atoms with E-state index in [9.17, 15) is 14.4 Å². The number of amides is 3. The maximum atomic E-state index is 12.7. The molecule has 2 bridgehead atoms. The van der Waals surface area contributed by atoms with Crippen molar-refractivity contribution in [1.82, 2.24) is 15.1 Å². The van der Waals surface area contributed by atoms with E-state index in [-0.39, 0.29) is 18.2 Å². The average molecular weight is 357 g/mol. The fourth-order valence-electron chi connectivity index (χ4n) is 4.62. The van der Waals surface area contributed by atoms with E-state index in [0.717, 1.165) is 31.2 Å². The monoisotopic (exact) mass is 357 g/mol. The molecule has 5 rings (SSSR count). The van der Waals surface area contributed by atoms with Crippen molar-refractivity contribution in [2.45, 2.75) is 49.9 Å². The number of piperidine rings is 2. The van der Waals surface area contributed by atoms with E-state index in [4.69, 9.17) is 4.74 Å². The fourth-order valence-corrected chi connectivity index (χ4v) is 4.62. The fraction of sp³-hybridized carbons (Fsp3) is 0.526. The van der Waals surface area contributed by atoms with Gasteiger partial charge in [0, 0.05) is 26.2 Å². The first-order valence-electron chi connectivity index (χ1n) is 9.10. The Morgan fingerprint density at radius 1 is 1.23 bits per heavy atom. The van der Waals surface area contributed by atoms with Gasteiger partial charge in [0.2, 0.25) is 0 Å². The van der Waals surface area contributed by atoms with Gasteiger partial charge in [-0.1, -0.05) is 30.3 Å². The Labute approximate surface area is 152 Å². The zero-order valence-corrected chi connectivity index (χ0v) is 14.8. The van der Waals surface area contributed by atoms with Crippen molar-refractivity contribution < 1.29 is 19.1 Å². The number of ether oxygens (including phenoxy) is 1. The number of rotatable bonds is 2. The predicted molar refractivity (Wildman–Crippen MR) is 93.0 cm³/mol. The van der Waals surface area contributed by atoms with E-state index >= 15 is 0 Å². The Morgan fingerprint density at radius 3 is 2.58 bits per heavy atom. The zero-order chi connectivity index (χ0) is 18.3. The molecule has 4 aliphatic rings. The average Bonchev–Trinajstić information content (AvgIpc) is 2.67. The van der Waals surface area contributed by atoms with Crippen LogP contribution in [0, 0.1) is 0 Å². The van der Waals surface area contributed by atoms with Crippen LogP contribution in [0.2, 0.25) is 0 Å². The van der Waals surface area contributed by atoms with Gasteiger partial charge < -0.3 is 19.9 Å². The first-order valence-corrected chi connectivity index (χ1v) is 9.10. The Morgan fingerprint density at radius 2 is 1.92 bits per heavy atom. The van der Waals surface area contributed by atoms with Gasteiger partial charge in [-0.25, -0.2) is 4.79 Å². The molecule has 7 nitrogen and oxygen atoms in total. The number of nitrogens with zero attached hydrogens (tertiary/aromatic N) is 2. The molecule has 0 aromatic heterocycles. The first kappa shape index (κ1) is 16.9. The van der Waals surface area contributed by atoms with Gasteiger partial charge in [0.25, 0.3) is 0 Å². The minimum atomic E-state index is -0.650. The molecule has 1 saturated carbocycles. The minimum Gasteiger partial charge on any atom is -0.441 e. The summed E-state index contributed by atoms with van der Waals surface area (Å²) in [5.41, 5.74) is 0.355. The Balaban J connectivity index is 1.61. The minimum absolute atomic E-state index is 0.0436. The Hall–Kier alpha value is -2.57. The molecule has 4 fully saturated rings. The summed E-state index contributed by atoms with van der Waals surface area (Å²) in [5.74, 6) is -1.14. The van der Waals surface area contributed by atoms with Crippen molar-refractivity contribution >= 4 is 17.9 Å². The number of carbonyl (C=O) groups excluding carboxylic acids is 3. The molecule has 1 aromatic carbocycles. The van der Waals surface area contributed by atoms with Crippen LogP contribution < -0.4 is 5.32 Å². The molecule has 1 unspecified atom stereocenters. The van der Waals surface area contributed by atoms with E-state index in [0.29, 0.717) is 13.1 Å². The van der Waals surface area contributed by atoms with Gasteiger partial charge in [0.15, 0.2) is 0 Å². The van der Waals surface area contributed by atoms with Crippen LogP contribution in [0.25, 0.3) is 0 Å². The van der Waals surface area contributed by atoms with Crippen molar-refractivity contribution in [3.63, 3.8) is 0 Å². The van der Waals surface area contributed by atoms with Gasteiger partial charge in [-0.05, 0) is 31.2 Å². The third-order valence-corrected chi connectivity index (χ3v) is 5.95. The smallest absolute Gasteiger partial charge is 0.410 e. The maximum absolute atomic E-state index is 12.7. The second-order valence-corrected chi connectivity index (χ2v) is 7.34. The van der Waals surface area contributed by atoms with Gasteiger partial charge in [-0.15, -0.1) is 0 Å². The van der Waals surface area contributed by atoms with Gasteiger partial charge >= 0.3 is 17.9 Å². The van der Waals surface area contributed by atoms with Crippen molar-refractivity contribution in [3.8, 4) is 0 Å². The molecule has 1 N–H and O–H groups in total. The highest BCUT2D eigenvalue weighted by atomic mass is 16.6. The van der Waals surface area contributed by atoms with Crippen LogP contribution in [0.15, 0.2) is 30.3 Å². The normalized spacial score (nSPS) is 29.8. The van der Waals surface area contributed by atoms with Crippen LogP contribution in [0.4, 0.5) is 4.79 Å². The number of fused-ring (bicyclic) bond motifs is 2. The highest BCUT2D eigenvalue weighted by Crippen LogP contribution is 2.47. The number of hydrogen-bond acceptors (Lipinski definition) is 4. The van der Waals surface area contributed by atoms with Crippen LogP contribution in [0.3, 0.4) is 0 Å². The quantitative estimate of drug-likeness (QED) is 0.809. The van der Waals surface area contributed by atoms with Crippen LogP contribution in [0.5, 0.6) is 0 Å². The van der Waals surface area contributed by atoms with E-state index in [1.54, 1.807) is 9.80 Å². The molecule has 3 heterocycles. The van der Waals surface area contributed by atoms with Crippen molar-refractivity contribution in [3.05, 3.63) is 35.9 Å². The van der Waals surface area contributed by atoms with Gasteiger partial charge in [0.05, 0.1) is 6.04 Å². The number of nitrogens with one attached hydrogen (secondary N) is 1. The lowest BCUT2D eigenvalue weighted by molar-refractivity contribution is -0.189. The molecule has 3 aliphatic heterocycles. The molecule has 7 heteroatoms. The number of carbonyl (C=O) groups is 3. The lowest BCUT2D eigenvalue weighted by Crippen LogP contribution is -2.74. The van der Waals surface area contributed by atoms with Gasteiger partial charge in [-0.3, -0.25) is 9.59 Å². The summed E-state index contributed by atoms with van der Waals surface area (Å²) in [5, 5.41) is 2.42. The third kappa shape index (κ3) is 2.62. The SMILES string of the molecule is CNC(=O)C(=O)N1C2CCC3(CC2)OC(=O)N(Cc2ccccc2)CC13. The summed E-state index contributed by atoms with van der Waals surface area (Å²) in [4.78, 5) is 40.6. The van der Waals surface area contributed by atoms with Crippen LogP contribution in [0.1, 0.15) is 31.2 Å². The van der Waals surface area contributed by atoms with Crippen molar-refractivity contribution in [2.24, 2.45) is 0 Å². The molecule has 1 atom stereocenters. The third-order valence-electron chi connectivity index (χ3n) is 5.95. The summed E-state index contributed by atoms with van der Waals surface area (Å²) >= 11 is 0. The molecule has 1 aromatic rings. The molecule has 1 spiro atoms. The van der Waals surface area contributed by atoms with Crippen molar-refractivity contribution in [2.75, 3.05) is 13.6 Å². The number of likely N-dealkylation sites (N-methyl/N-ethyl adjacent to an activating group) is 1. The highest BCUT2D eigenvalue weighted by Gasteiger charge is 2.60. The molecule has 0 radical (unpaired) electrons. The summed E-state index contributed by atoms with van der Waals surface area (Å²) in [6, 6.07) is 9.46. The van der Waals surface area contributed by atoms with Gasteiger partial charge in [-0.2, -0.15) is 0 Å². The molecule has 3 amide bonds. The lowest BCUT2D eigenvalue weighted by Gasteiger charge is -2.60. The van der Waals surface area contributed by atoms with E-state index in [1.807, 2.05) is 30.3 Å². The molecular weight excluding hydrogens is 334 g/mol. The summed E-state index contributed by atoms with van der Waals surface area (Å²) in [6.45, 7) is 0.825. The largest absolute Gasteiger partial charge is 0.441 e. The lowest BCUT2D eigenvalue weighted by atomic mass is 9.70. The van der Waals surface area contributed by atoms with E-state index in [1.165, 1.54) is 7.05 Å². The van der Waals surface area contributed by atoms with Crippen LogP contribution in [-0.4, -0.2) is 59.0 Å². The Bertz CT molecular complexity index is 728. The van der Waals surface area contributed by atoms with Gasteiger partial charge in [0.1, 0.15) is 5.60 Å². The molecule has 138 valence electrons. The van der Waals surface area contributed by atoms with Crippen LogP contribution >= 0.6 is 0 Å². The molecular formula is C19H23N3O4. The van der Waals surface area contributed by atoms with E-state index < -0.39 is 17.4 Å².